The Kier molecular flexibility index (Phi) is 10.5. The lowest BCUT2D eigenvalue weighted by Crippen LogP contribution is -2.15. The van der Waals surface area contributed by atoms with Crippen molar-refractivity contribution < 1.29 is 19.1 Å². The monoisotopic (exact) mass is 642 g/mol. The van der Waals surface area contributed by atoms with Gasteiger partial charge in [-0.05, 0) is 29.7 Å². The SMILES string of the molecule is COCCCn1c(SCc2ccc(CC(=O)OCC(=O)c3ccccc3)cc2)nnc1-c1cc(-c2ccccc2)nc2ccccc12. The zero-order chi connectivity index (χ0) is 32.4. The van der Waals surface area contributed by atoms with Crippen LogP contribution in [0.2, 0.25) is 0 Å². The van der Waals surface area contributed by atoms with E-state index in [9.17, 15) is 9.59 Å². The highest BCUT2D eigenvalue weighted by Gasteiger charge is 2.19. The van der Waals surface area contributed by atoms with Crippen LogP contribution in [-0.4, -0.2) is 51.8 Å². The maximum Gasteiger partial charge on any atom is 0.310 e. The Labute approximate surface area is 277 Å². The third-order valence-corrected chi connectivity index (χ3v) is 8.71. The summed E-state index contributed by atoms with van der Waals surface area (Å²) in [5.74, 6) is 0.801. The molecule has 0 fully saturated rings. The molecule has 0 aliphatic rings. The van der Waals surface area contributed by atoms with Crippen LogP contribution in [0.1, 0.15) is 27.9 Å². The fourth-order valence-electron chi connectivity index (χ4n) is 5.25. The second-order valence-corrected chi connectivity index (χ2v) is 11.9. The van der Waals surface area contributed by atoms with E-state index in [1.165, 1.54) is 0 Å². The molecule has 8 nitrogen and oxygen atoms in total. The minimum absolute atomic E-state index is 0.0948. The van der Waals surface area contributed by atoms with Crippen LogP contribution in [0.4, 0.5) is 0 Å². The first-order valence-electron chi connectivity index (χ1n) is 15.4. The first kappa shape index (κ1) is 31.8. The lowest BCUT2D eigenvalue weighted by atomic mass is 10.0. The maximum absolute atomic E-state index is 12.4. The van der Waals surface area contributed by atoms with Crippen LogP contribution >= 0.6 is 11.8 Å². The van der Waals surface area contributed by atoms with E-state index in [2.05, 4.69) is 33.9 Å². The van der Waals surface area contributed by atoms with E-state index in [4.69, 9.17) is 19.6 Å². The van der Waals surface area contributed by atoms with Crippen molar-refractivity contribution in [2.45, 2.75) is 30.3 Å². The first-order chi connectivity index (χ1) is 23.1. The quantitative estimate of drug-likeness (QED) is 0.0523. The second-order valence-electron chi connectivity index (χ2n) is 11.0. The number of hydrogen-bond acceptors (Lipinski definition) is 8. The zero-order valence-corrected chi connectivity index (χ0v) is 26.9. The number of thioether (sulfide) groups is 1. The molecule has 0 radical (unpaired) electrons. The van der Waals surface area contributed by atoms with E-state index in [0.717, 1.165) is 56.3 Å². The Hall–Kier alpha value is -5.12. The van der Waals surface area contributed by atoms with E-state index in [1.807, 2.05) is 66.7 Å². The van der Waals surface area contributed by atoms with Crippen LogP contribution in [0.3, 0.4) is 0 Å². The molecule has 0 saturated carbocycles. The number of ketones is 1. The molecule has 0 atom stereocenters. The summed E-state index contributed by atoms with van der Waals surface area (Å²) in [6.07, 6.45) is 0.906. The zero-order valence-electron chi connectivity index (χ0n) is 26.0. The van der Waals surface area contributed by atoms with Crippen LogP contribution in [-0.2, 0) is 33.0 Å². The average molecular weight is 643 g/mol. The molecule has 0 N–H and O–H groups in total. The molecule has 0 saturated heterocycles. The number of esters is 1. The summed E-state index contributed by atoms with van der Waals surface area (Å²) in [4.78, 5) is 29.6. The molecule has 4 aromatic carbocycles. The summed E-state index contributed by atoms with van der Waals surface area (Å²) < 4.78 is 12.8. The predicted molar refractivity (Wildman–Crippen MR) is 184 cm³/mol. The largest absolute Gasteiger partial charge is 0.457 e. The molecule has 0 aliphatic heterocycles. The molecule has 9 heteroatoms. The molecule has 0 spiro atoms. The van der Waals surface area contributed by atoms with Gasteiger partial charge in [0.25, 0.3) is 0 Å². The number of Topliss-reactive ketones (excluding diaryl/α,β-unsaturated/α-hetero) is 1. The van der Waals surface area contributed by atoms with Gasteiger partial charge in [0.2, 0.25) is 0 Å². The number of benzene rings is 4. The molecule has 2 heterocycles. The number of ether oxygens (including phenoxy) is 2. The smallest absolute Gasteiger partial charge is 0.310 e. The van der Waals surface area contributed by atoms with Gasteiger partial charge in [-0.25, -0.2) is 4.98 Å². The van der Waals surface area contributed by atoms with Crippen molar-refractivity contribution in [1.29, 1.82) is 0 Å². The van der Waals surface area contributed by atoms with Gasteiger partial charge in [-0.1, -0.05) is 115 Å². The molecule has 6 rings (SSSR count). The topological polar surface area (TPSA) is 96.2 Å². The number of methoxy groups -OCH3 is 1. The van der Waals surface area contributed by atoms with Crippen LogP contribution in [0.5, 0.6) is 0 Å². The van der Waals surface area contributed by atoms with Crippen LogP contribution in [0, 0.1) is 0 Å². The number of rotatable bonds is 14. The van der Waals surface area contributed by atoms with Gasteiger partial charge in [0.15, 0.2) is 23.4 Å². The molecule has 0 bridgehead atoms. The van der Waals surface area contributed by atoms with Crippen molar-refractivity contribution >= 4 is 34.4 Å². The van der Waals surface area contributed by atoms with E-state index in [-0.39, 0.29) is 18.8 Å². The Morgan fingerprint density at radius 1 is 0.809 bits per heavy atom. The fourth-order valence-corrected chi connectivity index (χ4v) is 6.17. The van der Waals surface area contributed by atoms with Crippen molar-refractivity contribution in [3.05, 3.63) is 132 Å². The number of carbonyl (C=O) groups is 2. The molecule has 47 heavy (non-hydrogen) atoms. The van der Waals surface area contributed by atoms with Gasteiger partial charge in [-0.15, -0.1) is 10.2 Å². The van der Waals surface area contributed by atoms with Crippen LogP contribution in [0.15, 0.2) is 120 Å². The van der Waals surface area contributed by atoms with Crippen molar-refractivity contribution in [1.82, 2.24) is 19.7 Å². The standard InChI is InChI=1S/C38H34N4O4S/c1-45-22-10-21-42-37(32-24-34(29-11-4-2-5-12-29)39-33-16-9-8-15-31(32)33)40-41-38(42)47-26-28-19-17-27(18-20-28)23-36(44)46-25-35(43)30-13-6-3-7-14-30/h2-9,11-20,24H,10,21-23,25-26H2,1H3. The van der Waals surface area contributed by atoms with Crippen molar-refractivity contribution in [3.8, 4) is 22.6 Å². The summed E-state index contributed by atoms with van der Waals surface area (Å²) in [5.41, 5.74) is 6.22. The summed E-state index contributed by atoms with van der Waals surface area (Å²) in [5, 5.41) is 11.2. The third kappa shape index (κ3) is 8.00. The highest BCUT2D eigenvalue weighted by Crippen LogP contribution is 2.34. The van der Waals surface area contributed by atoms with Crippen molar-refractivity contribution in [3.63, 3.8) is 0 Å². The number of pyridine rings is 1. The Morgan fingerprint density at radius 3 is 2.28 bits per heavy atom. The van der Waals surface area contributed by atoms with Gasteiger partial charge >= 0.3 is 5.97 Å². The number of para-hydroxylation sites is 1. The van der Waals surface area contributed by atoms with Gasteiger partial charge < -0.3 is 14.0 Å². The predicted octanol–water partition coefficient (Wildman–Crippen LogP) is 7.46. The van der Waals surface area contributed by atoms with E-state index in [1.54, 1.807) is 43.1 Å². The number of fused-ring (bicyclic) bond motifs is 1. The molecule has 2 aromatic heterocycles. The molecule has 0 unspecified atom stereocenters. The average Bonchev–Trinajstić information content (AvgIpc) is 3.52. The number of carbonyl (C=O) groups excluding carboxylic acids is 2. The van der Waals surface area contributed by atoms with Crippen molar-refractivity contribution in [2.75, 3.05) is 20.3 Å². The summed E-state index contributed by atoms with van der Waals surface area (Å²) in [6, 6.07) is 37.0. The number of hydrogen-bond donors (Lipinski definition) is 0. The Bertz CT molecular complexity index is 1960. The Morgan fingerprint density at radius 2 is 1.51 bits per heavy atom. The minimum Gasteiger partial charge on any atom is -0.457 e. The minimum atomic E-state index is -0.438. The van der Waals surface area contributed by atoms with E-state index >= 15 is 0 Å². The number of aromatic nitrogens is 4. The van der Waals surface area contributed by atoms with E-state index in [0.29, 0.717) is 24.5 Å². The number of nitrogens with zero attached hydrogens (tertiary/aromatic N) is 4. The maximum atomic E-state index is 12.4. The van der Waals surface area contributed by atoms with Crippen molar-refractivity contribution in [2.24, 2.45) is 0 Å². The van der Waals surface area contributed by atoms with Gasteiger partial charge in [0.1, 0.15) is 0 Å². The molecule has 0 aliphatic carbocycles. The van der Waals surface area contributed by atoms with Crippen LogP contribution in [0.25, 0.3) is 33.5 Å². The normalized spacial score (nSPS) is 11.1. The van der Waals surface area contributed by atoms with E-state index < -0.39 is 5.97 Å². The fraction of sp³-hybridized carbons (Fsp3) is 0.184. The summed E-state index contributed by atoms with van der Waals surface area (Å²) in [6.45, 7) is 1.05. The van der Waals surface area contributed by atoms with Crippen LogP contribution < -0.4 is 0 Å². The van der Waals surface area contributed by atoms with Gasteiger partial charge in [0, 0.05) is 48.1 Å². The molecular weight excluding hydrogens is 609 g/mol. The molecular formula is C38H34N4O4S. The highest BCUT2D eigenvalue weighted by molar-refractivity contribution is 7.98. The lowest BCUT2D eigenvalue weighted by Gasteiger charge is -2.13. The first-order valence-corrected chi connectivity index (χ1v) is 16.4. The summed E-state index contributed by atoms with van der Waals surface area (Å²) >= 11 is 1.61. The Balaban J connectivity index is 1.17. The lowest BCUT2D eigenvalue weighted by molar-refractivity contribution is -0.141. The molecule has 236 valence electrons. The van der Waals surface area contributed by atoms with Gasteiger partial charge in [0.05, 0.1) is 17.6 Å². The third-order valence-electron chi connectivity index (χ3n) is 7.67. The van der Waals surface area contributed by atoms with Gasteiger partial charge in [-0.2, -0.15) is 0 Å². The highest BCUT2D eigenvalue weighted by atomic mass is 32.2. The second kappa shape index (κ2) is 15.4. The van der Waals surface area contributed by atoms with Gasteiger partial charge in [-0.3, -0.25) is 9.59 Å². The summed E-state index contributed by atoms with van der Waals surface area (Å²) in [7, 11) is 1.71. The molecule has 6 aromatic rings. The molecule has 0 amide bonds.